The lowest BCUT2D eigenvalue weighted by Crippen LogP contribution is -2.32. The molecule has 0 aliphatic carbocycles. The van der Waals surface area contributed by atoms with Crippen molar-refractivity contribution in [2.24, 2.45) is 0 Å². The molecule has 1 amide bonds. The summed E-state index contributed by atoms with van der Waals surface area (Å²) in [6.45, 7) is 0.730. The molecular weight excluding hydrogens is 264 g/mol. The third-order valence-corrected chi connectivity index (χ3v) is 2.39. The molecule has 1 aromatic rings. The molecule has 106 valence electrons. The minimum atomic E-state index is -4.82. The summed E-state index contributed by atoms with van der Waals surface area (Å²) in [5.41, 5.74) is -2.04. The number of hydrogen-bond acceptors (Lipinski definition) is 2. The van der Waals surface area contributed by atoms with Crippen molar-refractivity contribution in [1.29, 1.82) is 0 Å². The molecule has 1 N–H and O–H groups in total. The van der Waals surface area contributed by atoms with Gasteiger partial charge >= 0.3 is 6.18 Å². The second-order valence-electron chi connectivity index (χ2n) is 4.22. The molecule has 0 aliphatic heterocycles. The first-order chi connectivity index (χ1) is 8.73. The summed E-state index contributed by atoms with van der Waals surface area (Å²) in [6.07, 6.45) is -4.82. The van der Waals surface area contributed by atoms with Gasteiger partial charge < -0.3 is 10.2 Å². The first-order valence-electron chi connectivity index (χ1n) is 5.52. The zero-order chi connectivity index (χ0) is 14.6. The van der Waals surface area contributed by atoms with E-state index in [1.165, 1.54) is 0 Å². The van der Waals surface area contributed by atoms with Crippen molar-refractivity contribution < 1.29 is 22.4 Å². The van der Waals surface area contributed by atoms with Gasteiger partial charge in [-0.15, -0.1) is 0 Å². The van der Waals surface area contributed by atoms with Crippen LogP contribution in [-0.2, 0) is 6.18 Å². The molecule has 0 unspecified atom stereocenters. The second kappa shape index (κ2) is 6.01. The highest BCUT2D eigenvalue weighted by Crippen LogP contribution is 2.32. The van der Waals surface area contributed by atoms with Crippen LogP contribution in [0, 0.1) is 5.82 Å². The summed E-state index contributed by atoms with van der Waals surface area (Å²) in [6, 6.07) is 2.63. The van der Waals surface area contributed by atoms with Crippen molar-refractivity contribution in [3.8, 4) is 0 Å². The van der Waals surface area contributed by atoms with Crippen LogP contribution >= 0.6 is 0 Å². The Kier molecular flexibility index (Phi) is 4.88. The van der Waals surface area contributed by atoms with E-state index in [4.69, 9.17) is 0 Å². The molecule has 0 bridgehead atoms. The zero-order valence-corrected chi connectivity index (χ0v) is 10.5. The summed E-state index contributed by atoms with van der Waals surface area (Å²) in [5, 5.41) is 2.36. The number of nitrogens with one attached hydrogen (secondary N) is 1. The third-order valence-electron chi connectivity index (χ3n) is 2.39. The zero-order valence-electron chi connectivity index (χ0n) is 10.5. The Bertz CT molecular complexity index is 458. The predicted molar refractivity (Wildman–Crippen MR) is 62.3 cm³/mol. The first kappa shape index (κ1) is 15.4. The number of benzene rings is 1. The van der Waals surface area contributed by atoms with Crippen LogP contribution in [-0.4, -0.2) is 38.0 Å². The van der Waals surface area contributed by atoms with Crippen molar-refractivity contribution in [2.75, 3.05) is 27.2 Å². The summed E-state index contributed by atoms with van der Waals surface area (Å²) in [4.78, 5) is 13.4. The van der Waals surface area contributed by atoms with Crippen LogP contribution in [0.15, 0.2) is 18.2 Å². The minimum absolute atomic E-state index is 0.224. The van der Waals surface area contributed by atoms with E-state index >= 15 is 0 Å². The van der Waals surface area contributed by atoms with Crippen LogP contribution in [0.1, 0.15) is 15.9 Å². The molecule has 0 spiro atoms. The lowest BCUT2D eigenvalue weighted by Gasteiger charge is -2.13. The van der Waals surface area contributed by atoms with Gasteiger partial charge in [-0.25, -0.2) is 4.39 Å². The molecule has 0 fully saturated rings. The highest BCUT2D eigenvalue weighted by atomic mass is 19.4. The van der Waals surface area contributed by atoms with E-state index in [0.717, 1.165) is 12.1 Å². The summed E-state index contributed by atoms with van der Waals surface area (Å²) in [5.74, 6) is -2.40. The van der Waals surface area contributed by atoms with Gasteiger partial charge in [0.15, 0.2) is 0 Å². The largest absolute Gasteiger partial charge is 0.419 e. The number of carbonyl (C=O) groups excluding carboxylic acids is 1. The minimum Gasteiger partial charge on any atom is -0.351 e. The van der Waals surface area contributed by atoms with Gasteiger partial charge in [-0.3, -0.25) is 4.79 Å². The molecule has 0 aromatic heterocycles. The number of nitrogens with zero attached hydrogens (tertiary/aromatic N) is 1. The number of halogens is 4. The first-order valence-corrected chi connectivity index (χ1v) is 5.52. The molecule has 0 heterocycles. The molecule has 0 atom stereocenters. The Morgan fingerprint density at radius 2 is 1.95 bits per heavy atom. The quantitative estimate of drug-likeness (QED) is 0.856. The molecule has 3 nitrogen and oxygen atoms in total. The predicted octanol–water partition coefficient (Wildman–Crippen LogP) is 2.14. The van der Waals surface area contributed by atoms with Gasteiger partial charge in [0.1, 0.15) is 5.82 Å². The molecule has 19 heavy (non-hydrogen) atoms. The van der Waals surface area contributed by atoms with Crippen LogP contribution < -0.4 is 5.32 Å². The van der Waals surface area contributed by atoms with Gasteiger partial charge in [-0.05, 0) is 26.2 Å². The van der Waals surface area contributed by atoms with E-state index < -0.39 is 29.0 Å². The Balaban J connectivity index is 2.87. The lowest BCUT2D eigenvalue weighted by molar-refractivity contribution is -0.140. The maximum Gasteiger partial charge on any atom is 0.419 e. The number of carbonyl (C=O) groups is 1. The van der Waals surface area contributed by atoms with E-state index in [9.17, 15) is 22.4 Å². The fraction of sp³-hybridized carbons (Fsp3) is 0.417. The molecule has 0 aliphatic rings. The van der Waals surface area contributed by atoms with Crippen molar-refractivity contribution >= 4 is 5.91 Å². The van der Waals surface area contributed by atoms with Gasteiger partial charge in [0.25, 0.3) is 5.91 Å². The van der Waals surface area contributed by atoms with Crippen LogP contribution in [0.3, 0.4) is 0 Å². The van der Waals surface area contributed by atoms with E-state index in [0.29, 0.717) is 12.6 Å². The Morgan fingerprint density at radius 3 is 2.47 bits per heavy atom. The van der Waals surface area contributed by atoms with E-state index in [-0.39, 0.29) is 6.54 Å². The maximum atomic E-state index is 13.6. The smallest absolute Gasteiger partial charge is 0.351 e. The van der Waals surface area contributed by atoms with E-state index in [1.54, 1.807) is 19.0 Å². The van der Waals surface area contributed by atoms with Crippen molar-refractivity contribution in [2.45, 2.75) is 6.18 Å². The Morgan fingerprint density at radius 1 is 1.32 bits per heavy atom. The SMILES string of the molecule is CN(C)CCNC(=O)c1cccc(C(F)(F)F)c1F. The molecule has 0 saturated heterocycles. The number of amides is 1. The van der Waals surface area contributed by atoms with Gasteiger partial charge in [-0.2, -0.15) is 13.2 Å². The second-order valence-corrected chi connectivity index (χ2v) is 4.22. The van der Waals surface area contributed by atoms with Crippen LogP contribution in [0.25, 0.3) is 0 Å². The molecular formula is C12H14F4N2O. The molecule has 1 rings (SSSR count). The fourth-order valence-corrected chi connectivity index (χ4v) is 1.41. The van der Waals surface area contributed by atoms with Crippen LogP contribution in [0.2, 0.25) is 0 Å². The molecule has 1 aromatic carbocycles. The normalized spacial score (nSPS) is 11.7. The summed E-state index contributed by atoms with van der Waals surface area (Å²) in [7, 11) is 3.55. The topological polar surface area (TPSA) is 32.3 Å². The van der Waals surface area contributed by atoms with Gasteiger partial charge in [-0.1, -0.05) is 6.07 Å². The van der Waals surface area contributed by atoms with Gasteiger partial charge in [0, 0.05) is 13.1 Å². The maximum absolute atomic E-state index is 13.6. The Hall–Kier alpha value is -1.63. The average Bonchev–Trinajstić information content (AvgIpc) is 2.26. The lowest BCUT2D eigenvalue weighted by atomic mass is 10.1. The van der Waals surface area contributed by atoms with E-state index in [1.807, 2.05) is 0 Å². The highest BCUT2D eigenvalue weighted by Gasteiger charge is 2.35. The number of hydrogen-bond donors (Lipinski definition) is 1. The van der Waals surface area contributed by atoms with Gasteiger partial charge in [0.2, 0.25) is 0 Å². The summed E-state index contributed by atoms with van der Waals surface area (Å²) >= 11 is 0. The number of alkyl halides is 3. The number of rotatable bonds is 4. The fourth-order valence-electron chi connectivity index (χ4n) is 1.41. The van der Waals surface area contributed by atoms with Crippen LogP contribution in [0.5, 0.6) is 0 Å². The molecule has 7 heteroatoms. The standard InChI is InChI=1S/C12H14F4N2O/c1-18(2)7-6-17-11(19)8-4-3-5-9(10(8)13)12(14,15)16/h3-5H,6-7H2,1-2H3,(H,17,19). The van der Waals surface area contributed by atoms with Crippen LogP contribution in [0.4, 0.5) is 17.6 Å². The van der Waals surface area contributed by atoms with Crippen molar-refractivity contribution in [1.82, 2.24) is 10.2 Å². The van der Waals surface area contributed by atoms with Crippen molar-refractivity contribution in [3.63, 3.8) is 0 Å². The number of likely N-dealkylation sites (N-methyl/N-ethyl adjacent to an activating group) is 1. The highest BCUT2D eigenvalue weighted by molar-refractivity contribution is 5.94. The average molecular weight is 278 g/mol. The van der Waals surface area contributed by atoms with Gasteiger partial charge in [0.05, 0.1) is 11.1 Å². The molecule has 0 saturated carbocycles. The summed E-state index contributed by atoms with van der Waals surface area (Å²) < 4.78 is 51.0. The Labute approximate surface area is 108 Å². The molecule has 0 radical (unpaired) electrons. The third kappa shape index (κ3) is 4.20. The monoisotopic (exact) mass is 278 g/mol. The van der Waals surface area contributed by atoms with Crippen molar-refractivity contribution in [3.05, 3.63) is 35.1 Å². The van der Waals surface area contributed by atoms with E-state index in [2.05, 4.69) is 5.32 Å².